The predicted molar refractivity (Wildman–Crippen MR) is 129 cm³/mol. The smallest absolute Gasteiger partial charge is 0.335 e. The Balaban J connectivity index is 1.49. The summed E-state index contributed by atoms with van der Waals surface area (Å²) in [5.41, 5.74) is 2.57. The Morgan fingerprint density at radius 3 is 2.23 bits per heavy atom. The van der Waals surface area contributed by atoms with E-state index in [0.717, 1.165) is 5.56 Å². The highest BCUT2D eigenvalue weighted by atomic mass is 35.5. The second kappa shape index (κ2) is 7.42. The minimum absolute atomic E-state index is 0.167. The van der Waals surface area contributed by atoms with Gasteiger partial charge in [-0.1, -0.05) is 23.7 Å². The summed E-state index contributed by atoms with van der Waals surface area (Å²) in [4.78, 5) is 27.0. The number of carbonyl (C=O) groups is 1. The number of carboxylic acids is 1. The normalized spacial score (nSPS) is 17.9. The third-order valence-electron chi connectivity index (χ3n) is 6.92. The molecule has 0 bridgehead atoms. The van der Waals surface area contributed by atoms with Crippen molar-refractivity contribution in [2.75, 3.05) is 18.0 Å². The van der Waals surface area contributed by atoms with Gasteiger partial charge < -0.3 is 10.0 Å². The number of fused-ring (bicyclic) bond motifs is 1. The summed E-state index contributed by atoms with van der Waals surface area (Å²) in [5.74, 6) is -3.69. The number of hydrogen-bond donors (Lipinski definition) is 1. The maximum absolute atomic E-state index is 13.9. The summed E-state index contributed by atoms with van der Waals surface area (Å²) in [6.45, 7) is -0.641. The maximum atomic E-state index is 13.9. The van der Waals surface area contributed by atoms with E-state index in [0.29, 0.717) is 40.3 Å². The number of benzene rings is 3. The standard InChI is InChI=1S/C26H20ClF2N3O3/c27-18-4-9-21-22(13-18)31(20-7-5-19(6-8-20)30-14-26(28,29)15-30)24(35)32(21)25(10-11-25)17-3-1-2-16(12-17)23(33)34/h1-9,12-13H,10-11,14-15H2,(H,33,34). The van der Waals surface area contributed by atoms with Crippen molar-refractivity contribution in [1.29, 1.82) is 0 Å². The number of nitrogens with zero attached hydrogens (tertiary/aromatic N) is 3. The van der Waals surface area contributed by atoms with Crippen LogP contribution in [0.25, 0.3) is 16.7 Å². The number of aromatic carboxylic acids is 1. The average molecular weight is 496 g/mol. The van der Waals surface area contributed by atoms with E-state index in [4.69, 9.17) is 11.6 Å². The molecule has 6 nitrogen and oxygen atoms in total. The van der Waals surface area contributed by atoms with Gasteiger partial charge in [0, 0.05) is 10.7 Å². The fourth-order valence-electron chi connectivity index (χ4n) is 5.04. The molecule has 2 heterocycles. The van der Waals surface area contributed by atoms with Gasteiger partial charge in [0.1, 0.15) is 0 Å². The van der Waals surface area contributed by atoms with Crippen molar-refractivity contribution >= 4 is 34.3 Å². The minimum Gasteiger partial charge on any atom is -0.478 e. The summed E-state index contributed by atoms with van der Waals surface area (Å²) < 4.78 is 29.8. The lowest BCUT2D eigenvalue weighted by Gasteiger charge is -2.40. The average Bonchev–Trinajstić information content (AvgIpc) is 3.56. The molecule has 0 radical (unpaired) electrons. The van der Waals surface area contributed by atoms with Gasteiger partial charge in [0.25, 0.3) is 5.92 Å². The fraction of sp³-hybridized carbons (Fsp3) is 0.231. The van der Waals surface area contributed by atoms with Crippen LogP contribution >= 0.6 is 11.6 Å². The van der Waals surface area contributed by atoms with Crippen LogP contribution in [0.3, 0.4) is 0 Å². The Kier molecular flexibility index (Phi) is 4.63. The van der Waals surface area contributed by atoms with Crippen molar-refractivity contribution in [3.63, 3.8) is 0 Å². The van der Waals surface area contributed by atoms with Gasteiger partial charge in [-0.15, -0.1) is 0 Å². The quantitative estimate of drug-likeness (QED) is 0.416. The molecule has 4 aromatic rings. The second-order valence-corrected chi connectivity index (χ2v) is 9.67. The number of carboxylic acid groups (broad SMARTS) is 1. The molecule has 0 amide bonds. The zero-order chi connectivity index (χ0) is 24.5. The monoisotopic (exact) mass is 495 g/mol. The molecule has 0 atom stereocenters. The molecule has 178 valence electrons. The molecule has 0 spiro atoms. The summed E-state index contributed by atoms with van der Waals surface area (Å²) in [6, 6.07) is 18.9. The topological polar surface area (TPSA) is 67.5 Å². The first kappa shape index (κ1) is 21.9. The Labute approximate surface area is 203 Å². The highest BCUT2D eigenvalue weighted by molar-refractivity contribution is 6.31. The third kappa shape index (κ3) is 3.43. The van der Waals surface area contributed by atoms with E-state index in [-0.39, 0.29) is 24.3 Å². The van der Waals surface area contributed by atoms with E-state index < -0.39 is 17.4 Å². The molecular weight excluding hydrogens is 476 g/mol. The van der Waals surface area contributed by atoms with Crippen molar-refractivity contribution in [3.05, 3.63) is 93.4 Å². The van der Waals surface area contributed by atoms with E-state index in [2.05, 4.69) is 0 Å². The first-order chi connectivity index (χ1) is 16.7. The number of anilines is 1. The molecule has 3 aromatic carbocycles. The molecule has 35 heavy (non-hydrogen) atoms. The zero-order valence-corrected chi connectivity index (χ0v) is 19.2. The summed E-state index contributed by atoms with van der Waals surface area (Å²) >= 11 is 6.29. The highest BCUT2D eigenvalue weighted by Crippen LogP contribution is 2.50. The molecule has 2 fully saturated rings. The van der Waals surface area contributed by atoms with Crippen LogP contribution in [0.2, 0.25) is 5.02 Å². The fourth-order valence-corrected chi connectivity index (χ4v) is 5.21. The number of halogens is 3. The van der Waals surface area contributed by atoms with Gasteiger partial charge in [-0.25, -0.2) is 18.4 Å². The molecule has 0 unspecified atom stereocenters. The summed E-state index contributed by atoms with van der Waals surface area (Å²) in [6.07, 6.45) is 1.39. The van der Waals surface area contributed by atoms with Crippen LogP contribution in [0.4, 0.5) is 14.5 Å². The number of hydrogen-bond acceptors (Lipinski definition) is 3. The molecule has 1 aromatic heterocycles. The largest absolute Gasteiger partial charge is 0.478 e. The Morgan fingerprint density at radius 2 is 1.60 bits per heavy atom. The van der Waals surface area contributed by atoms with Crippen LogP contribution in [0.15, 0.2) is 71.5 Å². The molecule has 1 saturated carbocycles. The number of alkyl halides is 2. The van der Waals surface area contributed by atoms with Crippen LogP contribution in [0.5, 0.6) is 0 Å². The van der Waals surface area contributed by atoms with E-state index in [9.17, 15) is 23.5 Å². The number of rotatable bonds is 5. The van der Waals surface area contributed by atoms with Gasteiger partial charge in [-0.3, -0.25) is 9.13 Å². The van der Waals surface area contributed by atoms with Crippen LogP contribution in [0.1, 0.15) is 28.8 Å². The van der Waals surface area contributed by atoms with E-state index in [1.165, 1.54) is 6.07 Å². The second-order valence-electron chi connectivity index (χ2n) is 9.23. The lowest BCUT2D eigenvalue weighted by molar-refractivity contribution is -0.0262. The van der Waals surface area contributed by atoms with E-state index in [1.807, 2.05) is 6.07 Å². The molecule has 1 N–H and O–H groups in total. The molecule has 6 rings (SSSR count). The van der Waals surface area contributed by atoms with Gasteiger partial charge >= 0.3 is 11.7 Å². The number of imidazole rings is 1. The Morgan fingerprint density at radius 1 is 0.914 bits per heavy atom. The van der Waals surface area contributed by atoms with Crippen molar-refractivity contribution < 1.29 is 18.7 Å². The Bertz CT molecular complexity index is 1550. The van der Waals surface area contributed by atoms with Crippen LogP contribution in [-0.2, 0) is 5.54 Å². The van der Waals surface area contributed by atoms with Crippen molar-refractivity contribution in [2.24, 2.45) is 0 Å². The van der Waals surface area contributed by atoms with Crippen molar-refractivity contribution in [2.45, 2.75) is 24.3 Å². The first-order valence-electron chi connectivity index (χ1n) is 11.2. The van der Waals surface area contributed by atoms with E-state index in [1.54, 1.807) is 68.6 Å². The molecule has 1 saturated heterocycles. The lowest BCUT2D eigenvalue weighted by atomic mass is 10.0. The van der Waals surface area contributed by atoms with Crippen LogP contribution in [-0.4, -0.2) is 39.2 Å². The molecule has 2 aliphatic rings. The van der Waals surface area contributed by atoms with Gasteiger partial charge in [0.05, 0.1) is 40.9 Å². The Hall–Kier alpha value is -3.65. The van der Waals surface area contributed by atoms with Crippen LogP contribution < -0.4 is 10.6 Å². The zero-order valence-electron chi connectivity index (χ0n) is 18.4. The van der Waals surface area contributed by atoms with Crippen molar-refractivity contribution in [1.82, 2.24) is 9.13 Å². The van der Waals surface area contributed by atoms with Gasteiger partial charge in [-0.2, -0.15) is 0 Å². The van der Waals surface area contributed by atoms with Crippen molar-refractivity contribution in [3.8, 4) is 5.69 Å². The molecule has 9 heteroatoms. The molecule has 1 aliphatic carbocycles. The lowest BCUT2D eigenvalue weighted by Crippen LogP contribution is -2.56. The minimum atomic E-state index is -2.67. The SMILES string of the molecule is O=C(O)c1cccc(C2(n3c(=O)n(-c4ccc(N5CC(F)(F)C5)cc4)c4cc(Cl)ccc43)CC2)c1. The molecular formula is C26H20ClF2N3O3. The summed E-state index contributed by atoms with van der Waals surface area (Å²) in [5, 5.41) is 9.93. The maximum Gasteiger partial charge on any atom is 0.335 e. The van der Waals surface area contributed by atoms with Gasteiger partial charge in [0.2, 0.25) is 0 Å². The van der Waals surface area contributed by atoms with Crippen LogP contribution in [0, 0.1) is 0 Å². The van der Waals surface area contributed by atoms with E-state index >= 15 is 0 Å². The third-order valence-corrected chi connectivity index (χ3v) is 7.15. The van der Waals surface area contributed by atoms with Gasteiger partial charge in [0.15, 0.2) is 0 Å². The van der Waals surface area contributed by atoms with Gasteiger partial charge in [-0.05, 0) is 73.0 Å². The predicted octanol–water partition coefficient (Wildman–Crippen LogP) is 5.14. The summed E-state index contributed by atoms with van der Waals surface area (Å²) in [7, 11) is 0. The highest BCUT2D eigenvalue weighted by Gasteiger charge is 2.49. The number of aromatic nitrogens is 2. The first-order valence-corrected chi connectivity index (χ1v) is 11.6. The molecule has 1 aliphatic heterocycles.